The van der Waals surface area contributed by atoms with Gasteiger partial charge in [-0.3, -0.25) is 4.79 Å². The van der Waals surface area contributed by atoms with Crippen molar-refractivity contribution in [2.24, 2.45) is 5.73 Å². The molecule has 1 atom stereocenters. The third kappa shape index (κ3) is 6.60. The Kier molecular flexibility index (Phi) is 6.61. The first-order chi connectivity index (χ1) is 7.47. The zero-order valence-corrected chi connectivity index (χ0v) is 8.60. The number of carbonyl (C=O) groups excluding carboxylic acids is 1. The number of carboxylic acid groups (broad SMARTS) is 2. The summed E-state index contributed by atoms with van der Waals surface area (Å²) >= 11 is 0. The summed E-state index contributed by atoms with van der Waals surface area (Å²) in [5.41, 5.74) is 5.13. The number of urea groups is 1. The molecule has 0 saturated heterocycles. The standard InChI is InChI=1S/C8H15N3O5/c9-3-4-10-8(16)11-5(7(14)15)1-2-6(12)13/h5H,1-4,9H2,(H,12,13)(H,14,15)(H2,10,11,16). The first-order valence-electron chi connectivity index (χ1n) is 4.66. The Morgan fingerprint density at radius 1 is 1.25 bits per heavy atom. The number of carboxylic acids is 2. The fourth-order valence-electron chi connectivity index (χ4n) is 0.920. The molecule has 0 spiro atoms. The molecule has 0 saturated carbocycles. The molecule has 8 heteroatoms. The van der Waals surface area contributed by atoms with Gasteiger partial charge in [0.15, 0.2) is 0 Å². The molecule has 0 radical (unpaired) electrons. The molecular weight excluding hydrogens is 218 g/mol. The van der Waals surface area contributed by atoms with Crippen LogP contribution in [0.1, 0.15) is 12.8 Å². The molecule has 0 bridgehead atoms. The van der Waals surface area contributed by atoms with Crippen molar-refractivity contribution in [3.63, 3.8) is 0 Å². The highest BCUT2D eigenvalue weighted by Gasteiger charge is 2.20. The third-order valence-electron chi connectivity index (χ3n) is 1.68. The maximum atomic E-state index is 11.1. The maximum Gasteiger partial charge on any atom is 0.326 e. The first kappa shape index (κ1) is 14.2. The van der Waals surface area contributed by atoms with Gasteiger partial charge in [-0.05, 0) is 6.42 Å². The average molecular weight is 233 g/mol. The lowest BCUT2D eigenvalue weighted by Gasteiger charge is -2.13. The summed E-state index contributed by atoms with van der Waals surface area (Å²) < 4.78 is 0. The number of amides is 2. The van der Waals surface area contributed by atoms with Crippen molar-refractivity contribution in [2.45, 2.75) is 18.9 Å². The van der Waals surface area contributed by atoms with Crippen molar-refractivity contribution in [1.29, 1.82) is 0 Å². The summed E-state index contributed by atoms with van der Waals surface area (Å²) in [5.74, 6) is -2.39. The minimum absolute atomic E-state index is 0.166. The van der Waals surface area contributed by atoms with E-state index in [4.69, 9.17) is 15.9 Å². The van der Waals surface area contributed by atoms with Crippen molar-refractivity contribution in [3.05, 3.63) is 0 Å². The number of rotatable bonds is 7. The molecule has 0 aromatic carbocycles. The van der Waals surface area contributed by atoms with E-state index in [0.29, 0.717) is 0 Å². The van der Waals surface area contributed by atoms with Gasteiger partial charge in [0, 0.05) is 19.5 Å². The van der Waals surface area contributed by atoms with Crippen LogP contribution < -0.4 is 16.4 Å². The molecule has 0 aliphatic carbocycles. The maximum absolute atomic E-state index is 11.1. The molecule has 16 heavy (non-hydrogen) atoms. The Morgan fingerprint density at radius 2 is 1.88 bits per heavy atom. The largest absolute Gasteiger partial charge is 0.481 e. The lowest BCUT2D eigenvalue weighted by atomic mass is 10.1. The minimum Gasteiger partial charge on any atom is -0.481 e. The van der Waals surface area contributed by atoms with Crippen molar-refractivity contribution in [3.8, 4) is 0 Å². The molecule has 2 amide bonds. The molecule has 92 valence electrons. The molecule has 0 aromatic rings. The van der Waals surface area contributed by atoms with Crippen LogP contribution in [-0.2, 0) is 9.59 Å². The van der Waals surface area contributed by atoms with Gasteiger partial charge in [-0.25, -0.2) is 9.59 Å². The van der Waals surface area contributed by atoms with Gasteiger partial charge in [-0.1, -0.05) is 0 Å². The van der Waals surface area contributed by atoms with E-state index in [2.05, 4.69) is 10.6 Å². The van der Waals surface area contributed by atoms with E-state index >= 15 is 0 Å². The number of hydrogen-bond donors (Lipinski definition) is 5. The summed E-state index contributed by atoms with van der Waals surface area (Å²) in [6, 6.07) is -1.89. The van der Waals surface area contributed by atoms with Crippen molar-refractivity contribution < 1.29 is 24.6 Å². The predicted molar refractivity (Wildman–Crippen MR) is 53.9 cm³/mol. The summed E-state index contributed by atoms with van der Waals surface area (Å²) in [6.45, 7) is 0.456. The van der Waals surface area contributed by atoms with Gasteiger partial charge in [-0.15, -0.1) is 0 Å². The summed E-state index contributed by atoms with van der Waals surface area (Å²) in [6.07, 6.45) is -0.491. The summed E-state index contributed by atoms with van der Waals surface area (Å²) in [7, 11) is 0. The number of carbonyl (C=O) groups is 3. The lowest BCUT2D eigenvalue weighted by Crippen LogP contribution is -2.47. The van der Waals surface area contributed by atoms with E-state index in [1.165, 1.54) is 0 Å². The van der Waals surface area contributed by atoms with Crippen molar-refractivity contribution >= 4 is 18.0 Å². The van der Waals surface area contributed by atoms with E-state index in [-0.39, 0.29) is 25.9 Å². The fourth-order valence-corrected chi connectivity index (χ4v) is 0.920. The second-order valence-electron chi connectivity index (χ2n) is 3.01. The van der Waals surface area contributed by atoms with Crippen molar-refractivity contribution in [1.82, 2.24) is 10.6 Å². The zero-order valence-electron chi connectivity index (χ0n) is 8.60. The average Bonchev–Trinajstić information content (AvgIpc) is 2.20. The Balaban J connectivity index is 4.07. The van der Waals surface area contributed by atoms with Crippen LogP contribution in [-0.4, -0.2) is 47.3 Å². The highest BCUT2D eigenvalue weighted by molar-refractivity contribution is 5.82. The van der Waals surface area contributed by atoms with E-state index in [9.17, 15) is 14.4 Å². The molecule has 0 aromatic heterocycles. The quantitative estimate of drug-likeness (QED) is 0.364. The molecular formula is C8H15N3O5. The van der Waals surface area contributed by atoms with Gasteiger partial charge < -0.3 is 26.6 Å². The van der Waals surface area contributed by atoms with E-state index in [0.717, 1.165) is 0 Å². The van der Waals surface area contributed by atoms with Crippen LogP contribution in [0, 0.1) is 0 Å². The summed E-state index contributed by atoms with van der Waals surface area (Å²) in [5, 5.41) is 21.5. The van der Waals surface area contributed by atoms with Crippen LogP contribution in [0.2, 0.25) is 0 Å². The van der Waals surface area contributed by atoms with Gasteiger partial charge in [0.2, 0.25) is 0 Å². The Morgan fingerprint density at radius 3 is 2.31 bits per heavy atom. The highest BCUT2D eigenvalue weighted by Crippen LogP contribution is 1.97. The van der Waals surface area contributed by atoms with Gasteiger partial charge in [0.25, 0.3) is 0 Å². The van der Waals surface area contributed by atoms with Crippen LogP contribution >= 0.6 is 0 Å². The molecule has 0 fully saturated rings. The van der Waals surface area contributed by atoms with Gasteiger partial charge >= 0.3 is 18.0 Å². The van der Waals surface area contributed by atoms with Crippen LogP contribution in [0.4, 0.5) is 4.79 Å². The Bertz CT molecular complexity index is 268. The molecule has 0 aliphatic rings. The number of hydrogen-bond acceptors (Lipinski definition) is 4. The molecule has 1 unspecified atom stereocenters. The van der Waals surface area contributed by atoms with Crippen LogP contribution in [0.3, 0.4) is 0 Å². The van der Waals surface area contributed by atoms with Crippen LogP contribution in [0.25, 0.3) is 0 Å². The Hall–Kier alpha value is -1.83. The van der Waals surface area contributed by atoms with Gasteiger partial charge in [0.1, 0.15) is 6.04 Å². The SMILES string of the molecule is NCCNC(=O)NC(CCC(=O)O)C(=O)O. The zero-order chi connectivity index (χ0) is 12.6. The second kappa shape index (κ2) is 7.46. The van der Waals surface area contributed by atoms with E-state index in [1.807, 2.05) is 0 Å². The fraction of sp³-hybridized carbons (Fsp3) is 0.625. The third-order valence-corrected chi connectivity index (χ3v) is 1.68. The van der Waals surface area contributed by atoms with Crippen LogP contribution in [0.5, 0.6) is 0 Å². The Labute approximate surface area is 91.8 Å². The minimum atomic E-state index is -1.27. The smallest absolute Gasteiger partial charge is 0.326 e. The topological polar surface area (TPSA) is 142 Å². The molecule has 0 rings (SSSR count). The molecule has 0 heterocycles. The molecule has 8 nitrogen and oxygen atoms in total. The van der Waals surface area contributed by atoms with Gasteiger partial charge in [0.05, 0.1) is 0 Å². The molecule has 6 N–H and O–H groups in total. The second-order valence-corrected chi connectivity index (χ2v) is 3.01. The number of nitrogens with one attached hydrogen (secondary N) is 2. The first-order valence-corrected chi connectivity index (χ1v) is 4.66. The number of aliphatic carboxylic acids is 2. The predicted octanol–water partition coefficient (Wildman–Crippen LogP) is -1.44. The summed E-state index contributed by atoms with van der Waals surface area (Å²) in [4.78, 5) is 32.0. The van der Waals surface area contributed by atoms with E-state index in [1.54, 1.807) is 0 Å². The normalized spacial score (nSPS) is 11.6. The van der Waals surface area contributed by atoms with Crippen molar-refractivity contribution in [2.75, 3.05) is 13.1 Å². The van der Waals surface area contributed by atoms with E-state index < -0.39 is 24.0 Å². The lowest BCUT2D eigenvalue weighted by molar-refractivity contribution is -0.140. The van der Waals surface area contributed by atoms with Crippen LogP contribution in [0.15, 0.2) is 0 Å². The highest BCUT2D eigenvalue weighted by atomic mass is 16.4. The van der Waals surface area contributed by atoms with Gasteiger partial charge in [-0.2, -0.15) is 0 Å². The monoisotopic (exact) mass is 233 g/mol. The molecule has 0 aliphatic heterocycles. The number of nitrogens with two attached hydrogens (primary N) is 1.